The number of hydrogen-bond donors (Lipinski definition) is 1. The highest BCUT2D eigenvalue weighted by Crippen LogP contribution is 2.26. The highest BCUT2D eigenvalue weighted by atomic mass is 32.1. The molecule has 0 radical (unpaired) electrons. The maximum absolute atomic E-state index is 12.3. The molecule has 0 spiro atoms. The third kappa shape index (κ3) is 3.21. The summed E-state index contributed by atoms with van der Waals surface area (Å²) in [6.07, 6.45) is -0.1000. The second kappa shape index (κ2) is 6.60. The van der Waals surface area contributed by atoms with E-state index in [9.17, 15) is 4.79 Å². The lowest BCUT2D eigenvalue weighted by molar-refractivity contribution is 0.0841. The highest BCUT2D eigenvalue weighted by molar-refractivity contribution is 7.20. The molecule has 1 atom stereocenters. The van der Waals surface area contributed by atoms with E-state index in [2.05, 4.69) is 24.4 Å². The average Bonchev–Trinajstić information content (AvgIpc) is 3.14. The summed E-state index contributed by atoms with van der Waals surface area (Å²) in [7, 11) is 1.67. The number of benzene rings is 1. The summed E-state index contributed by atoms with van der Waals surface area (Å²) in [5.74, 6) is -0.0449. The van der Waals surface area contributed by atoms with Crippen LogP contribution in [-0.2, 0) is 4.74 Å². The molecule has 0 aliphatic rings. The smallest absolute Gasteiger partial charge is 0.261 e. The van der Waals surface area contributed by atoms with E-state index in [1.165, 1.54) is 16.2 Å². The van der Waals surface area contributed by atoms with Crippen LogP contribution in [0.1, 0.15) is 25.5 Å². The molecule has 3 nitrogen and oxygen atoms in total. The Morgan fingerprint density at radius 1 is 1.23 bits per heavy atom. The zero-order chi connectivity index (χ0) is 15.5. The van der Waals surface area contributed by atoms with Crippen LogP contribution in [0.3, 0.4) is 0 Å². The van der Waals surface area contributed by atoms with Crippen molar-refractivity contribution in [1.82, 2.24) is 5.32 Å². The standard InChI is InChI=1S/C17H17NO2S2/c1-11-7-8-15(21-11)13(20-2)10-18-17(19)16-9-12-5-3-4-6-14(12)22-16/h3-9,13H,10H2,1-2H3,(H,18,19)/t13-/m1/s1. The van der Waals surface area contributed by atoms with Gasteiger partial charge in [-0.05, 0) is 36.6 Å². The van der Waals surface area contributed by atoms with Crippen molar-refractivity contribution in [3.63, 3.8) is 0 Å². The van der Waals surface area contributed by atoms with Crippen molar-refractivity contribution in [3.8, 4) is 0 Å². The number of nitrogens with one attached hydrogen (secondary N) is 1. The summed E-state index contributed by atoms with van der Waals surface area (Å²) in [6.45, 7) is 2.54. The van der Waals surface area contributed by atoms with Crippen molar-refractivity contribution in [3.05, 3.63) is 57.1 Å². The Bertz CT molecular complexity index is 758. The van der Waals surface area contributed by atoms with Gasteiger partial charge >= 0.3 is 0 Å². The first-order valence-corrected chi connectivity index (χ1v) is 8.66. The SMILES string of the molecule is CO[C@H](CNC(=O)c1cc2ccccc2s1)c1ccc(C)s1. The maximum atomic E-state index is 12.3. The summed E-state index contributed by atoms with van der Waals surface area (Å²) < 4.78 is 6.62. The van der Waals surface area contributed by atoms with Gasteiger partial charge in [0.15, 0.2) is 0 Å². The number of hydrogen-bond acceptors (Lipinski definition) is 4. The van der Waals surface area contributed by atoms with E-state index in [1.807, 2.05) is 30.3 Å². The first-order valence-electron chi connectivity index (χ1n) is 7.03. The second-order valence-electron chi connectivity index (χ2n) is 5.03. The molecular weight excluding hydrogens is 314 g/mol. The Morgan fingerprint density at radius 2 is 2.05 bits per heavy atom. The van der Waals surface area contributed by atoms with Crippen LogP contribution in [0, 0.1) is 6.92 Å². The molecule has 3 aromatic rings. The predicted octanol–water partition coefficient (Wildman–Crippen LogP) is 4.39. The first kappa shape index (κ1) is 15.2. The van der Waals surface area contributed by atoms with Gasteiger partial charge in [-0.15, -0.1) is 22.7 Å². The van der Waals surface area contributed by atoms with E-state index in [1.54, 1.807) is 18.4 Å². The number of ether oxygens (including phenoxy) is 1. The molecular formula is C17H17NO2S2. The molecule has 1 aromatic carbocycles. The number of carbonyl (C=O) groups excluding carboxylic acids is 1. The van der Waals surface area contributed by atoms with Gasteiger partial charge < -0.3 is 10.1 Å². The van der Waals surface area contributed by atoms with E-state index in [4.69, 9.17) is 4.74 Å². The minimum absolute atomic E-state index is 0.0449. The number of amides is 1. The van der Waals surface area contributed by atoms with Crippen molar-refractivity contribution in [1.29, 1.82) is 0 Å². The van der Waals surface area contributed by atoms with Crippen LogP contribution >= 0.6 is 22.7 Å². The van der Waals surface area contributed by atoms with Gasteiger partial charge in [0, 0.05) is 28.1 Å². The molecule has 0 fully saturated rings. The molecule has 114 valence electrons. The Balaban J connectivity index is 1.68. The molecule has 0 unspecified atom stereocenters. The number of aryl methyl sites for hydroxylation is 1. The van der Waals surface area contributed by atoms with Crippen molar-refractivity contribution in [2.75, 3.05) is 13.7 Å². The Labute approximate surface area is 137 Å². The second-order valence-corrected chi connectivity index (χ2v) is 7.43. The van der Waals surface area contributed by atoms with E-state index < -0.39 is 0 Å². The van der Waals surface area contributed by atoms with Gasteiger partial charge in [-0.2, -0.15) is 0 Å². The molecule has 2 aromatic heterocycles. The summed E-state index contributed by atoms with van der Waals surface area (Å²) in [4.78, 5) is 15.4. The molecule has 3 rings (SSSR count). The van der Waals surface area contributed by atoms with Gasteiger partial charge in [-0.3, -0.25) is 4.79 Å². The fourth-order valence-electron chi connectivity index (χ4n) is 2.29. The van der Waals surface area contributed by atoms with Gasteiger partial charge in [0.25, 0.3) is 5.91 Å². The fourth-order valence-corrected chi connectivity index (χ4v) is 4.23. The number of fused-ring (bicyclic) bond motifs is 1. The summed E-state index contributed by atoms with van der Waals surface area (Å²) >= 11 is 3.21. The van der Waals surface area contributed by atoms with Crippen molar-refractivity contribution >= 4 is 38.7 Å². The molecule has 0 aliphatic heterocycles. The molecule has 2 heterocycles. The summed E-state index contributed by atoms with van der Waals surface area (Å²) in [5, 5.41) is 4.08. The normalized spacial score (nSPS) is 12.5. The predicted molar refractivity (Wildman–Crippen MR) is 93.0 cm³/mol. The molecule has 5 heteroatoms. The van der Waals surface area contributed by atoms with Crippen LogP contribution in [0.25, 0.3) is 10.1 Å². The average molecular weight is 331 g/mol. The third-order valence-corrected chi connectivity index (χ3v) is 5.67. The molecule has 22 heavy (non-hydrogen) atoms. The molecule has 1 amide bonds. The minimum Gasteiger partial charge on any atom is -0.374 e. The topological polar surface area (TPSA) is 38.3 Å². The molecule has 0 saturated carbocycles. The quantitative estimate of drug-likeness (QED) is 0.753. The van der Waals surface area contributed by atoms with E-state index in [-0.39, 0.29) is 12.0 Å². The Hall–Kier alpha value is -1.69. The van der Waals surface area contributed by atoms with Crippen LogP contribution in [0.2, 0.25) is 0 Å². The maximum Gasteiger partial charge on any atom is 0.261 e. The third-order valence-electron chi connectivity index (χ3n) is 3.46. The van der Waals surface area contributed by atoms with Gasteiger partial charge in [-0.25, -0.2) is 0 Å². The molecule has 0 saturated heterocycles. The van der Waals surface area contributed by atoms with Gasteiger partial charge in [0.2, 0.25) is 0 Å². The number of methoxy groups -OCH3 is 1. The monoisotopic (exact) mass is 331 g/mol. The molecule has 0 aliphatic carbocycles. The zero-order valence-corrected chi connectivity index (χ0v) is 14.1. The van der Waals surface area contributed by atoms with Crippen LogP contribution < -0.4 is 5.32 Å². The zero-order valence-electron chi connectivity index (χ0n) is 12.5. The Morgan fingerprint density at radius 3 is 2.73 bits per heavy atom. The van der Waals surface area contributed by atoms with Crippen molar-refractivity contribution < 1.29 is 9.53 Å². The lowest BCUT2D eigenvalue weighted by Gasteiger charge is -2.14. The number of carbonyl (C=O) groups is 1. The fraction of sp³-hybridized carbons (Fsp3) is 0.235. The Kier molecular flexibility index (Phi) is 4.57. The summed E-state index contributed by atoms with van der Waals surface area (Å²) in [6, 6.07) is 14.1. The van der Waals surface area contributed by atoms with Crippen molar-refractivity contribution in [2.24, 2.45) is 0 Å². The van der Waals surface area contributed by atoms with Crippen LogP contribution in [0.5, 0.6) is 0 Å². The first-order chi connectivity index (χ1) is 10.7. The van der Waals surface area contributed by atoms with Gasteiger partial charge in [0.05, 0.1) is 4.88 Å². The molecule has 0 bridgehead atoms. The lowest BCUT2D eigenvalue weighted by atomic mass is 10.2. The van der Waals surface area contributed by atoms with Crippen molar-refractivity contribution in [2.45, 2.75) is 13.0 Å². The van der Waals surface area contributed by atoms with E-state index >= 15 is 0 Å². The minimum atomic E-state index is -0.1000. The number of thiophene rings is 2. The summed E-state index contributed by atoms with van der Waals surface area (Å²) in [5.41, 5.74) is 0. The van der Waals surface area contributed by atoms with E-state index in [0.717, 1.165) is 19.8 Å². The van der Waals surface area contributed by atoms with E-state index in [0.29, 0.717) is 6.54 Å². The van der Waals surface area contributed by atoms with Crippen LogP contribution in [-0.4, -0.2) is 19.6 Å². The molecule has 1 N–H and O–H groups in total. The van der Waals surface area contributed by atoms with Gasteiger partial charge in [0.1, 0.15) is 6.10 Å². The van der Waals surface area contributed by atoms with Crippen LogP contribution in [0.15, 0.2) is 42.5 Å². The largest absolute Gasteiger partial charge is 0.374 e. The highest BCUT2D eigenvalue weighted by Gasteiger charge is 2.16. The van der Waals surface area contributed by atoms with Gasteiger partial charge in [-0.1, -0.05) is 18.2 Å². The number of rotatable bonds is 5. The van der Waals surface area contributed by atoms with Crippen LogP contribution in [0.4, 0.5) is 0 Å². The lowest BCUT2D eigenvalue weighted by Crippen LogP contribution is -2.28.